The van der Waals surface area contributed by atoms with Gasteiger partial charge in [0.25, 0.3) is 0 Å². The van der Waals surface area contributed by atoms with Gasteiger partial charge in [-0.15, -0.1) is 10.2 Å². The van der Waals surface area contributed by atoms with Crippen LogP contribution in [0.25, 0.3) is 0 Å². The summed E-state index contributed by atoms with van der Waals surface area (Å²) in [6.07, 6.45) is 1.62. The van der Waals surface area contributed by atoms with Crippen molar-refractivity contribution in [1.82, 2.24) is 20.1 Å². The molecule has 0 amide bonds. The molecule has 1 aromatic heterocycles. The molecule has 114 valence electrons. The number of halogens is 1. The van der Waals surface area contributed by atoms with Gasteiger partial charge in [-0.2, -0.15) is 0 Å². The molecule has 21 heavy (non-hydrogen) atoms. The minimum atomic E-state index is -0.262. The molecular formula is C15H21FN4O. The number of benzene rings is 1. The second kappa shape index (κ2) is 7.17. The molecule has 0 spiro atoms. The molecule has 5 nitrogen and oxygen atoms in total. The van der Waals surface area contributed by atoms with E-state index in [1.165, 1.54) is 12.1 Å². The average molecular weight is 292 g/mol. The summed E-state index contributed by atoms with van der Waals surface area (Å²) < 4.78 is 20.9. The van der Waals surface area contributed by atoms with Crippen LogP contribution in [0.2, 0.25) is 0 Å². The summed E-state index contributed by atoms with van der Waals surface area (Å²) in [6.45, 7) is 6.01. The number of hydrogen-bond acceptors (Lipinski definition) is 4. The van der Waals surface area contributed by atoms with Gasteiger partial charge >= 0.3 is 0 Å². The summed E-state index contributed by atoms with van der Waals surface area (Å²) in [5.74, 6) is 1.67. The summed E-state index contributed by atoms with van der Waals surface area (Å²) in [5, 5.41) is 11.1. The maximum Gasteiger partial charge on any atom is 0.170 e. The van der Waals surface area contributed by atoms with Crippen molar-refractivity contribution in [2.45, 2.75) is 27.0 Å². The number of ether oxygens (including phenoxy) is 1. The molecule has 6 heteroatoms. The Labute approximate surface area is 124 Å². The second-order valence-corrected chi connectivity index (χ2v) is 5.42. The Morgan fingerprint density at radius 3 is 2.86 bits per heavy atom. The number of aromatic nitrogens is 3. The van der Waals surface area contributed by atoms with Crippen LogP contribution < -0.4 is 10.1 Å². The van der Waals surface area contributed by atoms with Crippen LogP contribution in [0, 0.1) is 11.7 Å². The highest BCUT2D eigenvalue weighted by molar-refractivity contribution is 5.34. The van der Waals surface area contributed by atoms with Crippen LogP contribution in [0.5, 0.6) is 5.75 Å². The summed E-state index contributed by atoms with van der Waals surface area (Å²) in [5.41, 5.74) is 0.804. The van der Waals surface area contributed by atoms with Crippen LogP contribution in [-0.2, 0) is 20.2 Å². The van der Waals surface area contributed by atoms with Crippen LogP contribution in [0.1, 0.15) is 25.2 Å². The maximum absolute atomic E-state index is 13.4. The first-order valence-electron chi connectivity index (χ1n) is 7.01. The van der Waals surface area contributed by atoms with Gasteiger partial charge in [0.05, 0.1) is 0 Å². The van der Waals surface area contributed by atoms with E-state index in [2.05, 4.69) is 29.4 Å². The van der Waals surface area contributed by atoms with E-state index in [4.69, 9.17) is 4.74 Å². The predicted octanol–water partition coefficient (Wildman–Crippen LogP) is 2.28. The largest absolute Gasteiger partial charge is 0.485 e. The van der Waals surface area contributed by atoms with Crippen LogP contribution in [0.4, 0.5) is 4.39 Å². The highest BCUT2D eigenvalue weighted by atomic mass is 19.1. The lowest BCUT2D eigenvalue weighted by atomic mass is 10.1. The molecule has 0 saturated heterocycles. The number of hydrogen-bond donors (Lipinski definition) is 1. The van der Waals surface area contributed by atoms with Gasteiger partial charge in [0, 0.05) is 19.2 Å². The number of nitrogens with zero attached hydrogens (tertiary/aromatic N) is 3. The zero-order valence-electron chi connectivity index (χ0n) is 12.6. The zero-order valence-corrected chi connectivity index (χ0v) is 12.6. The van der Waals surface area contributed by atoms with Gasteiger partial charge in [0.2, 0.25) is 0 Å². The summed E-state index contributed by atoms with van der Waals surface area (Å²) >= 11 is 0. The summed E-state index contributed by atoms with van der Waals surface area (Å²) in [4.78, 5) is 0. The van der Waals surface area contributed by atoms with Crippen molar-refractivity contribution in [3.05, 3.63) is 41.7 Å². The molecule has 0 aliphatic carbocycles. The molecule has 0 radical (unpaired) electrons. The molecule has 0 bridgehead atoms. The molecule has 0 aliphatic heterocycles. The Morgan fingerprint density at radius 1 is 1.38 bits per heavy atom. The summed E-state index contributed by atoms with van der Waals surface area (Å²) in [7, 11) is 1.86. The molecule has 1 heterocycles. The highest BCUT2D eigenvalue weighted by Gasteiger charge is 2.08. The van der Waals surface area contributed by atoms with E-state index >= 15 is 0 Å². The van der Waals surface area contributed by atoms with Crippen LogP contribution in [0.3, 0.4) is 0 Å². The lowest BCUT2D eigenvalue weighted by molar-refractivity contribution is 0.287. The third-order valence-corrected chi connectivity index (χ3v) is 3.05. The van der Waals surface area contributed by atoms with Crippen molar-refractivity contribution < 1.29 is 9.13 Å². The Morgan fingerprint density at radius 2 is 2.19 bits per heavy atom. The second-order valence-electron chi connectivity index (χ2n) is 5.42. The Hall–Kier alpha value is -1.95. The van der Waals surface area contributed by atoms with E-state index < -0.39 is 0 Å². The first-order valence-corrected chi connectivity index (χ1v) is 7.01. The van der Waals surface area contributed by atoms with Crippen LogP contribution in [0.15, 0.2) is 24.5 Å². The van der Waals surface area contributed by atoms with Gasteiger partial charge in [-0.05, 0) is 30.7 Å². The van der Waals surface area contributed by atoms with Crippen molar-refractivity contribution >= 4 is 0 Å². The lowest BCUT2D eigenvalue weighted by Crippen LogP contribution is -2.19. The van der Waals surface area contributed by atoms with Gasteiger partial charge in [-0.3, -0.25) is 0 Å². The molecular weight excluding hydrogens is 271 g/mol. The molecule has 2 aromatic rings. The zero-order chi connectivity index (χ0) is 15.2. The molecule has 0 aliphatic rings. The van der Waals surface area contributed by atoms with Crippen LogP contribution in [-0.4, -0.2) is 21.3 Å². The van der Waals surface area contributed by atoms with Crippen molar-refractivity contribution in [2.24, 2.45) is 13.0 Å². The molecule has 2 rings (SSSR count). The van der Waals surface area contributed by atoms with Crippen molar-refractivity contribution in [3.63, 3.8) is 0 Å². The predicted molar refractivity (Wildman–Crippen MR) is 78.3 cm³/mol. The highest BCUT2D eigenvalue weighted by Crippen LogP contribution is 2.20. The van der Waals surface area contributed by atoms with Gasteiger partial charge in [0.15, 0.2) is 5.82 Å². The summed E-state index contributed by atoms with van der Waals surface area (Å²) in [6, 6.07) is 4.55. The van der Waals surface area contributed by atoms with Gasteiger partial charge in [0.1, 0.15) is 24.5 Å². The molecule has 1 N–H and O–H groups in total. The Bertz CT molecular complexity index is 583. The minimum absolute atomic E-state index is 0.262. The Balaban J connectivity index is 2.02. The monoisotopic (exact) mass is 292 g/mol. The van der Waals surface area contributed by atoms with Gasteiger partial charge < -0.3 is 14.6 Å². The van der Waals surface area contributed by atoms with Crippen molar-refractivity contribution in [2.75, 3.05) is 6.54 Å². The van der Waals surface area contributed by atoms with Crippen molar-refractivity contribution in [1.29, 1.82) is 0 Å². The maximum atomic E-state index is 13.4. The van der Waals surface area contributed by atoms with E-state index in [0.29, 0.717) is 24.8 Å². The first-order chi connectivity index (χ1) is 10.1. The van der Waals surface area contributed by atoms with E-state index in [-0.39, 0.29) is 5.82 Å². The van der Waals surface area contributed by atoms with Crippen molar-refractivity contribution in [3.8, 4) is 5.75 Å². The van der Waals surface area contributed by atoms with E-state index in [1.54, 1.807) is 17.0 Å². The van der Waals surface area contributed by atoms with Gasteiger partial charge in [-0.25, -0.2) is 4.39 Å². The number of aryl methyl sites for hydroxylation is 1. The molecule has 0 atom stereocenters. The SMILES string of the molecule is CC(C)CNCc1cc(F)ccc1OCc1nncn1C. The fourth-order valence-corrected chi connectivity index (χ4v) is 1.90. The Kier molecular flexibility index (Phi) is 5.27. The standard InChI is InChI=1S/C15H21FN4O/c1-11(2)7-17-8-12-6-13(16)4-5-14(12)21-9-15-19-18-10-20(15)3/h4-6,10-11,17H,7-9H2,1-3H3. The normalized spacial score (nSPS) is 11.1. The quantitative estimate of drug-likeness (QED) is 0.850. The molecule has 0 saturated carbocycles. The molecule has 1 aromatic carbocycles. The number of rotatable bonds is 7. The van der Waals surface area contributed by atoms with E-state index in [0.717, 1.165) is 17.9 Å². The fraction of sp³-hybridized carbons (Fsp3) is 0.467. The molecule has 0 fully saturated rings. The van der Waals surface area contributed by atoms with Crippen LogP contribution >= 0.6 is 0 Å². The minimum Gasteiger partial charge on any atom is -0.485 e. The first kappa shape index (κ1) is 15.4. The topological polar surface area (TPSA) is 52.0 Å². The number of nitrogens with one attached hydrogen (secondary N) is 1. The average Bonchev–Trinajstić information content (AvgIpc) is 2.83. The smallest absolute Gasteiger partial charge is 0.170 e. The molecule has 0 unspecified atom stereocenters. The fourth-order valence-electron chi connectivity index (χ4n) is 1.90. The third-order valence-electron chi connectivity index (χ3n) is 3.05. The van der Waals surface area contributed by atoms with Gasteiger partial charge in [-0.1, -0.05) is 13.8 Å². The van der Waals surface area contributed by atoms with E-state index in [1.807, 2.05) is 7.05 Å². The lowest BCUT2D eigenvalue weighted by Gasteiger charge is -2.13. The van der Waals surface area contributed by atoms with E-state index in [9.17, 15) is 4.39 Å². The third kappa shape index (κ3) is 4.53.